The predicted octanol–water partition coefficient (Wildman–Crippen LogP) is 4.20. The fourth-order valence-corrected chi connectivity index (χ4v) is 4.17. The molecular weight excluding hydrogens is 296 g/mol. The number of aliphatic imine (C=N–C) groups is 1. The summed E-state index contributed by atoms with van der Waals surface area (Å²) in [5.41, 5.74) is 5.43. The first-order valence-electron chi connectivity index (χ1n) is 9.09. The van der Waals surface area contributed by atoms with E-state index in [1.807, 2.05) is 6.20 Å². The van der Waals surface area contributed by atoms with Crippen LogP contribution < -0.4 is 0 Å². The highest BCUT2D eigenvalue weighted by Gasteiger charge is 2.30. The number of fused-ring (bicyclic) bond motifs is 2. The summed E-state index contributed by atoms with van der Waals surface area (Å²) in [5.74, 6) is 0.844. The van der Waals surface area contributed by atoms with Crippen molar-refractivity contribution in [2.75, 3.05) is 14.1 Å². The Labute approximate surface area is 144 Å². The van der Waals surface area contributed by atoms with Crippen molar-refractivity contribution in [2.24, 2.45) is 4.99 Å². The summed E-state index contributed by atoms with van der Waals surface area (Å²) in [6, 6.07) is 9.38. The van der Waals surface area contributed by atoms with Crippen LogP contribution in [0.1, 0.15) is 43.2 Å². The molecule has 1 heterocycles. The second-order valence-electron chi connectivity index (χ2n) is 7.35. The third-order valence-corrected chi connectivity index (χ3v) is 5.57. The topological polar surface area (TPSA) is 24.8 Å². The molecule has 3 aliphatic rings. The second kappa shape index (κ2) is 6.56. The molecule has 0 spiro atoms. The van der Waals surface area contributed by atoms with E-state index in [4.69, 9.17) is 4.74 Å². The van der Waals surface area contributed by atoms with E-state index < -0.39 is 0 Å². The molecule has 1 fully saturated rings. The molecule has 0 N–H and O–H groups in total. The molecule has 0 amide bonds. The standard InChI is InChI=1S/C21H26N2O/c1-23(2)17-9-11-18(12-10-17)24-21-20-16(7-5-13-22-21)14-15-6-3-4-8-19(15)20/h3-6,8,13,17-18H,7,9-12,14H2,1-2H3. The van der Waals surface area contributed by atoms with E-state index in [9.17, 15) is 0 Å². The lowest BCUT2D eigenvalue weighted by Gasteiger charge is -2.33. The van der Waals surface area contributed by atoms with Crippen LogP contribution in [0, 0.1) is 0 Å². The van der Waals surface area contributed by atoms with Gasteiger partial charge in [-0.15, -0.1) is 0 Å². The Morgan fingerprint density at radius 3 is 2.67 bits per heavy atom. The predicted molar refractivity (Wildman–Crippen MR) is 99.1 cm³/mol. The lowest BCUT2D eigenvalue weighted by atomic mass is 9.92. The molecule has 0 atom stereocenters. The number of ether oxygens (including phenoxy) is 1. The van der Waals surface area contributed by atoms with Gasteiger partial charge in [0.15, 0.2) is 0 Å². The number of hydrogen-bond donors (Lipinski definition) is 0. The second-order valence-corrected chi connectivity index (χ2v) is 7.35. The van der Waals surface area contributed by atoms with E-state index in [0.29, 0.717) is 12.1 Å². The Balaban J connectivity index is 1.53. The Morgan fingerprint density at radius 1 is 1.08 bits per heavy atom. The summed E-state index contributed by atoms with van der Waals surface area (Å²) in [4.78, 5) is 7.00. The van der Waals surface area contributed by atoms with Gasteiger partial charge in [-0.25, -0.2) is 4.99 Å². The van der Waals surface area contributed by atoms with Crippen LogP contribution in [-0.4, -0.2) is 37.0 Å². The quantitative estimate of drug-likeness (QED) is 0.815. The molecule has 0 saturated heterocycles. The summed E-state index contributed by atoms with van der Waals surface area (Å²) in [5, 5.41) is 0. The zero-order chi connectivity index (χ0) is 16.5. The van der Waals surface area contributed by atoms with Crippen LogP contribution in [-0.2, 0) is 11.2 Å². The van der Waals surface area contributed by atoms with E-state index in [-0.39, 0.29) is 0 Å². The lowest BCUT2D eigenvalue weighted by Crippen LogP contribution is -2.35. The maximum absolute atomic E-state index is 6.43. The number of hydrogen-bond acceptors (Lipinski definition) is 3. The molecule has 1 aromatic rings. The maximum Gasteiger partial charge on any atom is 0.221 e. The molecule has 0 radical (unpaired) electrons. The van der Waals surface area contributed by atoms with E-state index in [2.05, 4.69) is 54.3 Å². The van der Waals surface area contributed by atoms with Crippen molar-refractivity contribution in [2.45, 2.75) is 50.7 Å². The fraction of sp³-hybridized carbons (Fsp3) is 0.476. The van der Waals surface area contributed by atoms with E-state index >= 15 is 0 Å². The number of allylic oxidation sites excluding steroid dienone is 2. The minimum atomic E-state index is 0.299. The Kier molecular flexibility index (Phi) is 4.28. The van der Waals surface area contributed by atoms with Gasteiger partial charge in [0.1, 0.15) is 6.10 Å². The third kappa shape index (κ3) is 2.93. The van der Waals surface area contributed by atoms with Crippen molar-refractivity contribution in [1.29, 1.82) is 0 Å². The van der Waals surface area contributed by atoms with Gasteiger partial charge in [-0.3, -0.25) is 0 Å². The lowest BCUT2D eigenvalue weighted by molar-refractivity contribution is 0.104. The average molecular weight is 322 g/mol. The van der Waals surface area contributed by atoms with Crippen molar-refractivity contribution in [3.8, 4) is 0 Å². The first-order valence-corrected chi connectivity index (χ1v) is 9.09. The van der Waals surface area contributed by atoms with E-state index in [1.165, 1.54) is 35.1 Å². The SMILES string of the molecule is CN(C)C1CCC(OC2=NC=CCC3=C2c2ccccc2C3)CC1. The van der Waals surface area contributed by atoms with Crippen LogP contribution in [0.4, 0.5) is 0 Å². The van der Waals surface area contributed by atoms with Gasteiger partial charge in [-0.1, -0.05) is 30.3 Å². The zero-order valence-corrected chi connectivity index (χ0v) is 14.7. The van der Waals surface area contributed by atoms with Gasteiger partial charge >= 0.3 is 0 Å². The first kappa shape index (κ1) is 15.6. The van der Waals surface area contributed by atoms with Gasteiger partial charge in [0.25, 0.3) is 0 Å². The third-order valence-electron chi connectivity index (χ3n) is 5.57. The van der Waals surface area contributed by atoms with Gasteiger partial charge in [0.2, 0.25) is 5.90 Å². The van der Waals surface area contributed by atoms with Gasteiger partial charge in [0.05, 0.1) is 0 Å². The zero-order valence-electron chi connectivity index (χ0n) is 14.7. The van der Waals surface area contributed by atoms with E-state index in [1.54, 1.807) is 0 Å². The Morgan fingerprint density at radius 2 is 1.88 bits per heavy atom. The maximum atomic E-state index is 6.43. The molecule has 4 rings (SSSR count). The van der Waals surface area contributed by atoms with Crippen LogP contribution in [0.3, 0.4) is 0 Å². The van der Waals surface area contributed by atoms with Gasteiger partial charge in [-0.2, -0.15) is 0 Å². The summed E-state index contributed by atoms with van der Waals surface area (Å²) >= 11 is 0. The first-order chi connectivity index (χ1) is 11.7. The molecule has 1 aliphatic heterocycles. The molecule has 0 unspecified atom stereocenters. The van der Waals surface area contributed by atoms with Crippen molar-refractivity contribution < 1.29 is 4.74 Å². The normalized spacial score (nSPS) is 26.0. The molecule has 24 heavy (non-hydrogen) atoms. The summed E-state index contributed by atoms with van der Waals surface area (Å²) in [6.07, 6.45) is 11.0. The monoisotopic (exact) mass is 322 g/mol. The molecule has 0 bridgehead atoms. The Bertz CT molecular complexity index is 706. The average Bonchev–Trinajstić information content (AvgIpc) is 2.85. The minimum absolute atomic E-state index is 0.299. The highest BCUT2D eigenvalue weighted by atomic mass is 16.5. The molecule has 0 aromatic heterocycles. The van der Waals surface area contributed by atoms with Crippen LogP contribution in [0.25, 0.3) is 5.57 Å². The fourth-order valence-electron chi connectivity index (χ4n) is 4.17. The molecule has 126 valence electrons. The minimum Gasteiger partial charge on any atom is -0.474 e. The molecule has 3 heteroatoms. The smallest absolute Gasteiger partial charge is 0.221 e. The summed E-state index contributed by atoms with van der Waals surface area (Å²) < 4.78 is 6.43. The number of rotatable bonds is 2. The van der Waals surface area contributed by atoms with Crippen molar-refractivity contribution >= 4 is 11.5 Å². The van der Waals surface area contributed by atoms with Crippen molar-refractivity contribution in [3.63, 3.8) is 0 Å². The molecule has 3 nitrogen and oxygen atoms in total. The Hall–Kier alpha value is -1.87. The van der Waals surface area contributed by atoms with Gasteiger partial charge < -0.3 is 9.64 Å². The number of benzene rings is 1. The molecule has 2 aliphatic carbocycles. The molecule has 1 saturated carbocycles. The molecule has 1 aromatic carbocycles. The van der Waals surface area contributed by atoms with Crippen LogP contribution in [0.15, 0.2) is 47.1 Å². The van der Waals surface area contributed by atoms with Crippen LogP contribution >= 0.6 is 0 Å². The van der Waals surface area contributed by atoms with Crippen molar-refractivity contribution in [1.82, 2.24) is 4.90 Å². The van der Waals surface area contributed by atoms with Gasteiger partial charge in [-0.05, 0) is 69.3 Å². The van der Waals surface area contributed by atoms with E-state index in [0.717, 1.165) is 31.6 Å². The molecular formula is C21H26N2O. The van der Waals surface area contributed by atoms with Crippen molar-refractivity contribution in [3.05, 3.63) is 53.2 Å². The van der Waals surface area contributed by atoms with Crippen LogP contribution in [0.2, 0.25) is 0 Å². The highest BCUT2D eigenvalue weighted by Crippen LogP contribution is 2.38. The summed E-state index contributed by atoms with van der Waals surface area (Å²) in [7, 11) is 4.36. The van der Waals surface area contributed by atoms with Gasteiger partial charge in [0, 0.05) is 17.8 Å². The highest BCUT2D eigenvalue weighted by molar-refractivity contribution is 6.22. The summed E-state index contributed by atoms with van der Waals surface area (Å²) in [6.45, 7) is 0. The largest absolute Gasteiger partial charge is 0.474 e. The number of nitrogens with zero attached hydrogens (tertiary/aromatic N) is 2. The van der Waals surface area contributed by atoms with Crippen LogP contribution in [0.5, 0.6) is 0 Å².